The number of rotatable bonds is 5. The van der Waals surface area contributed by atoms with E-state index in [2.05, 4.69) is 10.3 Å². The smallest absolute Gasteiger partial charge is 0.261 e. The normalized spacial score (nSPS) is 19.4. The predicted molar refractivity (Wildman–Crippen MR) is 108 cm³/mol. The maximum atomic E-state index is 13.5. The van der Waals surface area contributed by atoms with Crippen LogP contribution in [0.4, 0.5) is 4.39 Å². The number of Topliss-reactive ketones (excluding diaryl/α,β-unsaturated/α-hetero) is 1. The maximum Gasteiger partial charge on any atom is 0.261 e. The Hall–Kier alpha value is -2.90. The Morgan fingerprint density at radius 2 is 2.07 bits per heavy atom. The van der Waals surface area contributed by atoms with Gasteiger partial charge in [0.1, 0.15) is 5.82 Å². The number of ketones is 1. The van der Waals surface area contributed by atoms with Crippen molar-refractivity contribution in [3.63, 3.8) is 0 Å². The SMILES string of the molecule is O=C(C[C@H]1NCCC[C@@H]1O)Cn1cnc2ccc(-c3cccc(F)c3)cc2c1=O. The number of fused-ring (bicyclic) bond motifs is 1. The lowest BCUT2D eigenvalue weighted by atomic mass is 9.97. The summed E-state index contributed by atoms with van der Waals surface area (Å²) in [5.74, 6) is -0.497. The number of nitrogens with one attached hydrogen (secondary N) is 1. The van der Waals surface area contributed by atoms with Gasteiger partial charge in [0.05, 0.1) is 29.9 Å². The molecule has 3 aromatic rings. The molecule has 2 aromatic carbocycles. The van der Waals surface area contributed by atoms with Crippen LogP contribution in [0.1, 0.15) is 19.3 Å². The molecule has 1 aliphatic heterocycles. The number of carbonyl (C=O) groups is 1. The van der Waals surface area contributed by atoms with Gasteiger partial charge in [-0.15, -0.1) is 0 Å². The van der Waals surface area contributed by atoms with Crippen molar-refractivity contribution >= 4 is 16.7 Å². The molecular weight excluding hydrogens is 373 g/mol. The summed E-state index contributed by atoms with van der Waals surface area (Å²) in [5.41, 5.74) is 1.56. The highest BCUT2D eigenvalue weighted by atomic mass is 19.1. The minimum Gasteiger partial charge on any atom is -0.391 e. The summed E-state index contributed by atoms with van der Waals surface area (Å²) in [6, 6.07) is 11.0. The van der Waals surface area contributed by atoms with Gasteiger partial charge in [-0.1, -0.05) is 18.2 Å². The standard InChI is InChI=1S/C22H22FN3O3/c23-16-4-1-3-14(9-16)15-6-7-19-18(10-15)22(29)26(13-25-19)12-17(27)11-20-21(28)5-2-8-24-20/h1,3-4,6-7,9-10,13,20-21,24,28H,2,5,8,11-12H2/t20-,21+/m1/s1. The Morgan fingerprint density at radius 3 is 2.86 bits per heavy atom. The summed E-state index contributed by atoms with van der Waals surface area (Å²) in [6.45, 7) is 0.673. The molecule has 1 aromatic heterocycles. The summed E-state index contributed by atoms with van der Waals surface area (Å²) >= 11 is 0. The number of nitrogens with zero attached hydrogens (tertiary/aromatic N) is 2. The Bertz CT molecular complexity index is 1110. The molecule has 1 saturated heterocycles. The number of piperidine rings is 1. The van der Waals surface area contributed by atoms with Crippen LogP contribution in [-0.2, 0) is 11.3 Å². The average Bonchev–Trinajstić information content (AvgIpc) is 2.72. The largest absolute Gasteiger partial charge is 0.391 e. The van der Waals surface area contributed by atoms with Gasteiger partial charge in [-0.2, -0.15) is 0 Å². The number of aliphatic hydroxyl groups excluding tert-OH is 1. The van der Waals surface area contributed by atoms with Crippen LogP contribution >= 0.6 is 0 Å². The molecule has 0 aliphatic carbocycles. The quantitative estimate of drug-likeness (QED) is 0.692. The lowest BCUT2D eigenvalue weighted by Gasteiger charge is -2.28. The van der Waals surface area contributed by atoms with E-state index in [1.807, 2.05) is 0 Å². The van der Waals surface area contributed by atoms with Crippen LogP contribution in [0, 0.1) is 5.82 Å². The first-order valence-electron chi connectivity index (χ1n) is 9.69. The van der Waals surface area contributed by atoms with Crippen LogP contribution in [0.15, 0.2) is 53.6 Å². The first kappa shape index (κ1) is 19.4. The third-order valence-electron chi connectivity index (χ3n) is 5.32. The van der Waals surface area contributed by atoms with E-state index in [-0.39, 0.29) is 36.2 Å². The van der Waals surface area contributed by atoms with E-state index < -0.39 is 6.10 Å². The Kier molecular flexibility index (Phi) is 5.51. The predicted octanol–water partition coefficient (Wildman–Crippen LogP) is 2.27. The summed E-state index contributed by atoms with van der Waals surface area (Å²) in [5, 5.41) is 13.5. The molecule has 6 nitrogen and oxygen atoms in total. The van der Waals surface area contributed by atoms with Crippen LogP contribution in [0.25, 0.3) is 22.0 Å². The van der Waals surface area contributed by atoms with Gasteiger partial charge in [-0.05, 0) is 54.8 Å². The van der Waals surface area contributed by atoms with Crippen molar-refractivity contribution in [2.75, 3.05) is 6.54 Å². The van der Waals surface area contributed by atoms with Gasteiger partial charge < -0.3 is 10.4 Å². The highest BCUT2D eigenvalue weighted by Gasteiger charge is 2.25. The first-order valence-corrected chi connectivity index (χ1v) is 9.69. The van der Waals surface area contributed by atoms with E-state index in [1.54, 1.807) is 30.3 Å². The van der Waals surface area contributed by atoms with Crippen LogP contribution in [0.3, 0.4) is 0 Å². The molecule has 4 rings (SSSR count). The molecule has 0 bridgehead atoms. The molecule has 2 N–H and O–H groups in total. The van der Waals surface area contributed by atoms with E-state index in [1.165, 1.54) is 23.0 Å². The fourth-order valence-electron chi connectivity index (χ4n) is 3.76. The summed E-state index contributed by atoms with van der Waals surface area (Å²) in [6.07, 6.45) is 2.54. The molecule has 1 fully saturated rings. The number of aromatic nitrogens is 2. The van der Waals surface area contributed by atoms with Crippen molar-refractivity contribution in [1.82, 2.24) is 14.9 Å². The van der Waals surface area contributed by atoms with E-state index in [9.17, 15) is 19.1 Å². The minimum absolute atomic E-state index is 0.100. The fourth-order valence-corrected chi connectivity index (χ4v) is 3.76. The van der Waals surface area contributed by atoms with Gasteiger partial charge in [-0.3, -0.25) is 14.2 Å². The second-order valence-electron chi connectivity index (χ2n) is 7.43. The zero-order valence-corrected chi connectivity index (χ0v) is 15.8. The van der Waals surface area contributed by atoms with E-state index in [4.69, 9.17) is 0 Å². The molecule has 29 heavy (non-hydrogen) atoms. The minimum atomic E-state index is -0.548. The molecular formula is C22H22FN3O3. The Labute approximate surface area is 167 Å². The zero-order chi connectivity index (χ0) is 20.4. The van der Waals surface area contributed by atoms with Crippen LogP contribution in [0.5, 0.6) is 0 Å². The van der Waals surface area contributed by atoms with Crippen molar-refractivity contribution in [3.05, 3.63) is 65.0 Å². The van der Waals surface area contributed by atoms with E-state index >= 15 is 0 Å². The molecule has 0 spiro atoms. The van der Waals surface area contributed by atoms with Crippen molar-refractivity contribution in [2.45, 2.75) is 38.0 Å². The zero-order valence-electron chi connectivity index (χ0n) is 15.8. The molecule has 2 atom stereocenters. The summed E-state index contributed by atoms with van der Waals surface area (Å²) < 4.78 is 14.8. The third-order valence-corrected chi connectivity index (χ3v) is 5.32. The van der Waals surface area contributed by atoms with Crippen molar-refractivity contribution in [1.29, 1.82) is 0 Å². The lowest BCUT2D eigenvalue weighted by molar-refractivity contribution is -0.121. The van der Waals surface area contributed by atoms with Crippen LogP contribution in [-0.4, -0.2) is 39.1 Å². The molecule has 0 unspecified atom stereocenters. The molecule has 7 heteroatoms. The summed E-state index contributed by atoms with van der Waals surface area (Å²) in [7, 11) is 0. The molecule has 0 saturated carbocycles. The van der Waals surface area contributed by atoms with E-state index in [0.29, 0.717) is 28.5 Å². The third kappa shape index (κ3) is 4.26. The lowest BCUT2D eigenvalue weighted by Crippen LogP contribution is -2.46. The van der Waals surface area contributed by atoms with Gasteiger partial charge in [0, 0.05) is 12.5 Å². The number of halogens is 1. The number of hydrogen-bond donors (Lipinski definition) is 2. The fraction of sp³-hybridized carbons (Fsp3) is 0.318. The molecule has 0 radical (unpaired) electrons. The average molecular weight is 395 g/mol. The van der Waals surface area contributed by atoms with Gasteiger partial charge in [0.2, 0.25) is 0 Å². The number of carbonyl (C=O) groups excluding carboxylic acids is 1. The number of benzene rings is 2. The van der Waals surface area contributed by atoms with Crippen molar-refractivity contribution in [3.8, 4) is 11.1 Å². The number of aliphatic hydroxyl groups is 1. The molecule has 2 heterocycles. The van der Waals surface area contributed by atoms with Crippen molar-refractivity contribution < 1.29 is 14.3 Å². The monoisotopic (exact) mass is 395 g/mol. The molecule has 0 amide bonds. The molecule has 150 valence electrons. The van der Waals surface area contributed by atoms with E-state index in [0.717, 1.165) is 13.0 Å². The highest BCUT2D eigenvalue weighted by molar-refractivity contribution is 5.84. The van der Waals surface area contributed by atoms with Gasteiger partial charge in [-0.25, -0.2) is 9.37 Å². The second-order valence-corrected chi connectivity index (χ2v) is 7.43. The second kappa shape index (κ2) is 8.23. The molecule has 1 aliphatic rings. The maximum absolute atomic E-state index is 13.5. The van der Waals surface area contributed by atoms with Crippen molar-refractivity contribution in [2.24, 2.45) is 0 Å². The Morgan fingerprint density at radius 1 is 1.24 bits per heavy atom. The van der Waals surface area contributed by atoms with Crippen LogP contribution in [0.2, 0.25) is 0 Å². The topological polar surface area (TPSA) is 84.2 Å². The van der Waals surface area contributed by atoms with Gasteiger partial charge in [0.15, 0.2) is 5.78 Å². The van der Waals surface area contributed by atoms with Gasteiger partial charge in [0.25, 0.3) is 5.56 Å². The first-order chi connectivity index (χ1) is 14.0. The Balaban J connectivity index is 1.59. The summed E-state index contributed by atoms with van der Waals surface area (Å²) in [4.78, 5) is 29.6. The number of hydrogen-bond acceptors (Lipinski definition) is 5. The van der Waals surface area contributed by atoms with Gasteiger partial charge >= 0.3 is 0 Å². The van der Waals surface area contributed by atoms with Crippen LogP contribution < -0.4 is 10.9 Å². The highest BCUT2D eigenvalue weighted by Crippen LogP contribution is 2.22.